The van der Waals surface area contributed by atoms with Crippen LogP contribution in [0.25, 0.3) is 0 Å². The zero-order valence-corrected chi connectivity index (χ0v) is 26.9. The number of anilines is 1. The minimum atomic E-state index is -3.46. The minimum absolute atomic E-state index is 0.0165. The fourth-order valence-corrected chi connectivity index (χ4v) is 5.55. The van der Waals surface area contributed by atoms with Crippen LogP contribution in [0, 0.1) is 18.6 Å². The van der Waals surface area contributed by atoms with Crippen molar-refractivity contribution in [1.82, 2.24) is 10.2 Å². The van der Waals surface area contributed by atoms with Crippen molar-refractivity contribution >= 4 is 27.6 Å². The maximum atomic E-state index is 13.9. The van der Waals surface area contributed by atoms with E-state index in [-0.39, 0.29) is 31.0 Å². The lowest BCUT2D eigenvalue weighted by molar-refractivity contribution is 0.0238. The van der Waals surface area contributed by atoms with Crippen molar-refractivity contribution in [2.75, 3.05) is 30.6 Å². The van der Waals surface area contributed by atoms with E-state index in [1.54, 1.807) is 48.2 Å². The fourth-order valence-electron chi connectivity index (χ4n) is 5.00. The average Bonchev–Trinajstić information content (AvgIpc) is 2.94. The van der Waals surface area contributed by atoms with Crippen molar-refractivity contribution < 1.29 is 31.5 Å². The summed E-state index contributed by atoms with van der Waals surface area (Å²) >= 11 is 0. The molecule has 0 saturated carbocycles. The molecule has 2 atom stereocenters. The quantitative estimate of drug-likeness (QED) is 0.191. The second-order valence-electron chi connectivity index (χ2n) is 11.2. The van der Waals surface area contributed by atoms with Crippen LogP contribution < -0.4 is 15.8 Å². The number of carbonyl (C=O) groups excluding carboxylic acids is 2. The smallest absolute Gasteiger partial charge is 0.338 e. The highest BCUT2D eigenvalue weighted by Gasteiger charge is 2.25. The number of nitrogens with two attached hydrogens (primary N) is 1. The fraction of sp³-hybridized carbons (Fsp3) is 0.394. The van der Waals surface area contributed by atoms with Gasteiger partial charge in [-0.1, -0.05) is 26.0 Å². The Morgan fingerprint density at radius 1 is 0.933 bits per heavy atom. The van der Waals surface area contributed by atoms with Crippen LogP contribution in [0.1, 0.15) is 64.1 Å². The molecule has 0 heterocycles. The largest absolute Gasteiger partial charge is 0.456 e. The van der Waals surface area contributed by atoms with Crippen LogP contribution in [0.5, 0.6) is 0 Å². The monoisotopic (exact) mass is 644 g/mol. The average molecular weight is 645 g/mol. The Labute approximate surface area is 264 Å². The summed E-state index contributed by atoms with van der Waals surface area (Å²) in [6.45, 7) is 7.32. The van der Waals surface area contributed by atoms with Crippen molar-refractivity contribution in [2.24, 2.45) is 5.73 Å². The van der Waals surface area contributed by atoms with Gasteiger partial charge in [-0.25, -0.2) is 22.0 Å². The molecule has 244 valence electrons. The van der Waals surface area contributed by atoms with Gasteiger partial charge in [-0.3, -0.25) is 9.52 Å². The lowest BCUT2D eigenvalue weighted by Gasteiger charge is -2.25. The Morgan fingerprint density at radius 3 is 2.20 bits per heavy atom. The number of sulfonamides is 1. The van der Waals surface area contributed by atoms with E-state index in [4.69, 9.17) is 10.5 Å². The summed E-state index contributed by atoms with van der Waals surface area (Å²) in [6, 6.07) is 13.9. The van der Waals surface area contributed by atoms with Gasteiger partial charge in [-0.05, 0) is 85.3 Å². The van der Waals surface area contributed by atoms with Gasteiger partial charge in [-0.2, -0.15) is 0 Å². The first-order valence-electron chi connectivity index (χ1n) is 14.9. The molecule has 9 nitrogen and oxygen atoms in total. The van der Waals surface area contributed by atoms with E-state index >= 15 is 0 Å². The van der Waals surface area contributed by atoms with Crippen molar-refractivity contribution in [3.63, 3.8) is 0 Å². The summed E-state index contributed by atoms with van der Waals surface area (Å²) < 4.78 is 59.3. The Balaban J connectivity index is 1.82. The third-order valence-corrected chi connectivity index (χ3v) is 7.48. The Morgan fingerprint density at radius 2 is 1.58 bits per heavy atom. The van der Waals surface area contributed by atoms with Crippen molar-refractivity contribution in [3.8, 4) is 0 Å². The number of aryl methyl sites for hydroxylation is 1. The molecule has 0 aliphatic carbocycles. The van der Waals surface area contributed by atoms with Gasteiger partial charge in [0, 0.05) is 49.5 Å². The van der Waals surface area contributed by atoms with Crippen molar-refractivity contribution in [3.05, 3.63) is 100 Å². The topological polar surface area (TPSA) is 131 Å². The maximum absolute atomic E-state index is 13.9. The maximum Gasteiger partial charge on any atom is 0.338 e. The Hall–Kier alpha value is -3.87. The number of halogens is 2. The van der Waals surface area contributed by atoms with E-state index in [0.29, 0.717) is 35.5 Å². The van der Waals surface area contributed by atoms with Crippen LogP contribution in [-0.2, 0) is 27.7 Å². The minimum Gasteiger partial charge on any atom is -0.456 e. The van der Waals surface area contributed by atoms with E-state index in [0.717, 1.165) is 30.7 Å². The molecule has 1 amide bonds. The number of hydrogen-bond acceptors (Lipinski definition) is 7. The molecule has 0 radical (unpaired) electrons. The molecule has 0 fully saturated rings. The molecular weight excluding hydrogens is 602 g/mol. The highest BCUT2D eigenvalue weighted by atomic mass is 32.2. The molecule has 45 heavy (non-hydrogen) atoms. The molecule has 3 aromatic carbocycles. The van der Waals surface area contributed by atoms with Crippen LogP contribution in [0.3, 0.4) is 0 Å². The van der Waals surface area contributed by atoms with E-state index < -0.39 is 39.8 Å². The number of nitrogens with one attached hydrogen (secondary N) is 2. The molecule has 2 unspecified atom stereocenters. The zero-order chi connectivity index (χ0) is 33.1. The lowest BCUT2D eigenvalue weighted by atomic mass is 10.0. The van der Waals surface area contributed by atoms with E-state index in [2.05, 4.69) is 10.0 Å². The second-order valence-corrected chi connectivity index (χ2v) is 12.9. The number of carbonyl (C=O) groups is 2. The molecule has 0 aromatic heterocycles. The van der Waals surface area contributed by atoms with Crippen LogP contribution in [-0.4, -0.2) is 63.2 Å². The predicted octanol–water partition coefficient (Wildman–Crippen LogP) is 4.79. The molecule has 3 aromatic rings. The zero-order valence-electron chi connectivity index (χ0n) is 26.1. The number of ether oxygens (including phenoxy) is 1. The van der Waals surface area contributed by atoms with Crippen LogP contribution >= 0.6 is 0 Å². The van der Waals surface area contributed by atoms with Gasteiger partial charge in [0.05, 0.1) is 11.8 Å². The Bertz CT molecular complexity index is 1560. The summed E-state index contributed by atoms with van der Waals surface area (Å²) in [7, 11) is -3.46. The number of benzene rings is 3. The van der Waals surface area contributed by atoms with Gasteiger partial charge in [0.15, 0.2) is 0 Å². The molecule has 0 saturated heterocycles. The molecule has 0 bridgehead atoms. The van der Waals surface area contributed by atoms with E-state index in [1.807, 2.05) is 13.8 Å². The van der Waals surface area contributed by atoms with Gasteiger partial charge >= 0.3 is 5.97 Å². The molecule has 3 rings (SSSR count). The molecule has 4 N–H and O–H groups in total. The molecular formula is C33H42F2N4O5S. The first-order valence-corrected chi connectivity index (χ1v) is 16.8. The highest BCUT2D eigenvalue weighted by molar-refractivity contribution is 7.92. The number of amides is 1. The van der Waals surface area contributed by atoms with Gasteiger partial charge in [0.1, 0.15) is 17.7 Å². The van der Waals surface area contributed by atoms with Crippen LogP contribution in [0.4, 0.5) is 14.5 Å². The Kier molecular flexibility index (Phi) is 13.0. The normalized spacial score (nSPS) is 12.8. The third-order valence-electron chi connectivity index (χ3n) is 6.87. The number of esters is 1. The second kappa shape index (κ2) is 16.4. The van der Waals surface area contributed by atoms with E-state index in [1.165, 1.54) is 18.2 Å². The molecule has 0 aliphatic rings. The number of hydrogen-bond donors (Lipinski definition) is 3. The van der Waals surface area contributed by atoms with Crippen LogP contribution in [0.15, 0.2) is 60.7 Å². The van der Waals surface area contributed by atoms with Gasteiger partial charge in [0.2, 0.25) is 10.0 Å². The third kappa shape index (κ3) is 11.5. The summed E-state index contributed by atoms with van der Waals surface area (Å²) in [5.74, 6) is -2.36. The van der Waals surface area contributed by atoms with Gasteiger partial charge in [-0.15, -0.1) is 0 Å². The van der Waals surface area contributed by atoms with Crippen LogP contribution in [0.2, 0.25) is 0 Å². The molecule has 0 spiro atoms. The number of rotatable bonds is 16. The summed E-state index contributed by atoms with van der Waals surface area (Å²) in [5, 5.41) is 3.18. The SMILES string of the molecule is CCCN(CCC)C(=O)c1cc(C)cc(C(=O)OC(CNCc2cccc(NS(C)(=O)=O)c2)C(N)Cc2cc(F)cc(F)c2)c1. The summed E-state index contributed by atoms with van der Waals surface area (Å²) in [6.07, 6.45) is 1.74. The van der Waals surface area contributed by atoms with Crippen molar-refractivity contribution in [1.29, 1.82) is 0 Å². The first-order chi connectivity index (χ1) is 21.3. The van der Waals surface area contributed by atoms with Gasteiger partial charge < -0.3 is 20.7 Å². The summed E-state index contributed by atoms with van der Waals surface area (Å²) in [4.78, 5) is 28.5. The standard InChI is InChI=1S/C33H42F2N4O5S/c1-5-10-39(11-6-2)32(40)25-12-22(3)13-26(18-25)33(41)44-31(30(36)17-24-14-27(34)19-28(35)15-24)21-37-20-23-8-7-9-29(16-23)38-45(4,42)43/h7-9,12-16,18-19,30-31,37-38H,5-6,10-11,17,20-21,36H2,1-4H3. The highest BCUT2D eigenvalue weighted by Crippen LogP contribution is 2.18. The lowest BCUT2D eigenvalue weighted by Crippen LogP contribution is -2.46. The molecule has 12 heteroatoms. The summed E-state index contributed by atoms with van der Waals surface area (Å²) in [5.41, 5.74) is 9.17. The molecule has 0 aliphatic heterocycles. The van der Waals surface area contributed by atoms with Crippen molar-refractivity contribution in [2.45, 2.75) is 58.7 Å². The van der Waals surface area contributed by atoms with Gasteiger partial charge in [0.25, 0.3) is 5.91 Å². The predicted molar refractivity (Wildman–Crippen MR) is 172 cm³/mol. The number of nitrogens with zero attached hydrogens (tertiary/aromatic N) is 1. The van der Waals surface area contributed by atoms with E-state index in [9.17, 15) is 26.8 Å². The first kappa shape index (κ1) is 35.6.